The minimum atomic E-state index is -0.222. The Kier molecular flexibility index (Phi) is 6.69. The van der Waals surface area contributed by atoms with E-state index in [1.54, 1.807) is 12.1 Å². The Labute approximate surface area is 108 Å². The lowest BCUT2D eigenvalue weighted by atomic mass is 10.3. The molecule has 0 aromatic heterocycles. The molecule has 0 radical (unpaired) electrons. The second-order valence-corrected chi connectivity index (χ2v) is 4.06. The first kappa shape index (κ1) is 14.4. The lowest BCUT2D eigenvalue weighted by molar-refractivity contribution is -0.144. The number of carbonyl (C=O) groups excluding carboxylic acids is 1. The Balaban J connectivity index is 2.14. The second-order valence-electron chi connectivity index (χ2n) is 4.06. The van der Waals surface area contributed by atoms with Gasteiger partial charge >= 0.3 is 5.97 Å². The largest absolute Gasteiger partial charge is 0.491 e. The standard InChI is InChI=1S/C14H21NO3/c1-2-3-6-10-18-14(16)9-11-17-13-8-5-4-7-12(13)15/h4-5,7-8H,2-3,6,9-11,15H2,1H3. The fourth-order valence-electron chi connectivity index (χ4n) is 1.47. The van der Waals surface area contributed by atoms with E-state index in [1.165, 1.54) is 0 Å². The van der Waals surface area contributed by atoms with E-state index in [0.717, 1.165) is 19.3 Å². The van der Waals surface area contributed by atoms with E-state index in [9.17, 15) is 4.79 Å². The lowest BCUT2D eigenvalue weighted by Crippen LogP contribution is -2.11. The molecule has 0 amide bonds. The molecule has 0 aliphatic rings. The number of rotatable bonds is 8. The van der Waals surface area contributed by atoms with E-state index in [4.69, 9.17) is 15.2 Å². The third-order valence-corrected chi connectivity index (χ3v) is 2.49. The third kappa shape index (κ3) is 5.57. The van der Waals surface area contributed by atoms with Crippen molar-refractivity contribution < 1.29 is 14.3 Å². The summed E-state index contributed by atoms with van der Waals surface area (Å²) >= 11 is 0. The van der Waals surface area contributed by atoms with Crippen molar-refractivity contribution in [2.24, 2.45) is 0 Å². The van der Waals surface area contributed by atoms with Gasteiger partial charge in [0.2, 0.25) is 0 Å². The predicted octanol–water partition coefficient (Wildman–Crippen LogP) is 2.77. The number of anilines is 1. The van der Waals surface area contributed by atoms with Crippen LogP contribution in [-0.2, 0) is 9.53 Å². The van der Waals surface area contributed by atoms with Crippen LogP contribution in [0.4, 0.5) is 5.69 Å². The van der Waals surface area contributed by atoms with Gasteiger partial charge in [-0.2, -0.15) is 0 Å². The zero-order valence-electron chi connectivity index (χ0n) is 10.9. The maximum atomic E-state index is 11.3. The van der Waals surface area contributed by atoms with Gasteiger partial charge in [0.1, 0.15) is 5.75 Å². The molecule has 0 aliphatic heterocycles. The van der Waals surface area contributed by atoms with Gasteiger partial charge in [-0.25, -0.2) is 0 Å². The van der Waals surface area contributed by atoms with Gasteiger partial charge in [0.05, 0.1) is 25.3 Å². The van der Waals surface area contributed by atoms with Gasteiger partial charge in [-0.05, 0) is 18.6 Å². The highest BCUT2D eigenvalue weighted by Crippen LogP contribution is 2.19. The summed E-state index contributed by atoms with van der Waals surface area (Å²) in [5.74, 6) is 0.386. The highest BCUT2D eigenvalue weighted by atomic mass is 16.5. The maximum absolute atomic E-state index is 11.3. The van der Waals surface area contributed by atoms with Crippen LogP contribution in [0.5, 0.6) is 5.75 Å². The van der Waals surface area contributed by atoms with Crippen LogP contribution in [0.2, 0.25) is 0 Å². The van der Waals surface area contributed by atoms with Gasteiger partial charge in [0, 0.05) is 0 Å². The van der Waals surface area contributed by atoms with Crippen molar-refractivity contribution in [2.45, 2.75) is 32.6 Å². The van der Waals surface area contributed by atoms with Crippen molar-refractivity contribution in [3.63, 3.8) is 0 Å². The Morgan fingerprint density at radius 2 is 2.00 bits per heavy atom. The van der Waals surface area contributed by atoms with Crippen molar-refractivity contribution in [3.05, 3.63) is 24.3 Å². The molecule has 1 rings (SSSR count). The summed E-state index contributed by atoms with van der Waals surface area (Å²) < 4.78 is 10.5. The molecule has 0 fully saturated rings. The number of esters is 1. The number of ether oxygens (including phenoxy) is 2. The number of para-hydroxylation sites is 2. The monoisotopic (exact) mass is 251 g/mol. The SMILES string of the molecule is CCCCCOC(=O)CCOc1ccccc1N. The number of hydrogen-bond acceptors (Lipinski definition) is 4. The topological polar surface area (TPSA) is 61.5 Å². The molecule has 18 heavy (non-hydrogen) atoms. The number of hydrogen-bond donors (Lipinski definition) is 1. The quantitative estimate of drug-likeness (QED) is 0.438. The van der Waals surface area contributed by atoms with E-state index in [0.29, 0.717) is 24.7 Å². The number of nitrogen functional groups attached to an aromatic ring is 1. The molecular weight excluding hydrogens is 230 g/mol. The normalized spacial score (nSPS) is 10.1. The van der Waals surface area contributed by atoms with E-state index in [1.807, 2.05) is 12.1 Å². The minimum Gasteiger partial charge on any atom is -0.491 e. The molecule has 0 bridgehead atoms. The average molecular weight is 251 g/mol. The summed E-state index contributed by atoms with van der Waals surface area (Å²) in [5.41, 5.74) is 6.29. The Bertz CT molecular complexity index is 366. The summed E-state index contributed by atoms with van der Waals surface area (Å²) in [6.45, 7) is 2.90. The van der Waals surface area contributed by atoms with Crippen LogP contribution < -0.4 is 10.5 Å². The molecule has 0 unspecified atom stereocenters. The summed E-state index contributed by atoms with van der Waals surface area (Å²) in [5, 5.41) is 0. The third-order valence-electron chi connectivity index (χ3n) is 2.49. The molecule has 0 heterocycles. The van der Waals surface area contributed by atoms with Crippen molar-refractivity contribution in [1.29, 1.82) is 0 Å². The van der Waals surface area contributed by atoms with Gasteiger partial charge in [0.15, 0.2) is 0 Å². The summed E-state index contributed by atoms with van der Waals surface area (Å²) in [6, 6.07) is 7.22. The number of carbonyl (C=O) groups is 1. The summed E-state index contributed by atoms with van der Waals surface area (Å²) in [4.78, 5) is 11.3. The van der Waals surface area contributed by atoms with Crippen LogP contribution in [0, 0.1) is 0 Å². The first-order valence-electron chi connectivity index (χ1n) is 6.37. The van der Waals surface area contributed by atoms with Crippen LogP contribution in [0.1, 0.15) is 32.6 Å². The molecule has 100 valence electrons. The number of unbranched alkanes of at least 4 members (excludes halogenated alkanes) is 2. The first-order valence-corrected chi connectivity index (χ1v) is 6.37. The highest BCUT2D eigenvalue weighted by Gasteiger charge is 2.04. The molecule has 4 heteroatoms. The second kappa shape index (κ2) is 8.39. The highest BCUT2D eigenvalue weighted by molar-refractivity contribution is 5.69. The van der Waals surface area contributed by atoms with Crippen LogP contribution in [-0.4, -0.2) is 19.2 Å². The fraction of sp³-hybridized carbons (Fsp3) is 0.500. The Hall–Kier alpha value is -1.71. The molecule has 0 aliphatic carbocycles. The van der Waals surface area contributed by atoms with Gasteiger partial charge in [-0.15, -0.1) is 0 Å². The smallest absolute Gasteiger partial charge is 0.309 e. The van der Waals surface area contributed by atoms with Crippen LogP contribution in [0.15, 0.2) is 24.3 Å². The Morgan fingerprint density at radius 3 is 2.72 bits per heavy atom. The van der Waals surface area contributed by atoms with Crippen molar-refractivity contribution >= 4 is 11.7 Å². The molecule has 4 nitrogen and oxygen atoms in total. The van der Waals surface area contributed by atoms with Crippen molar-refractivity contribution in [1.82, 2.24) is 0 Å². The van der Waals surface area contributed by atoms with Gasteiger partial charge in [0.25, 0.3) is 0 Å². The molecular formula is C14H21NO3. The van der Waals surface area contributed by atoms with Crippen LogP contribution >= 0.6 is 0 Å². The van der Waals surface area contributed by atoms with Gasteiger partial charge in [-0.1, -0.05) is 31.9 Å². The van der Waals surface area contributed by atoms with Crippen molar-refractivity contribution in [3.8, 4) is 5.75 Å². The lowest BCUT2D eigenvalue weighted by Gasteiger charge is -2.08. The van der Waals surface area contributed by atoms with Crippen LogP contribution in [0.25, 0.3) is 0 Å². The predicted molar refractivity (Wildman–Crippen MR) is 71.5 cm³/mol. The average Bonchev–Trinajstić information content (AvgIpc) is 2.37. The van der Waals surface area contributed by atoms with E-state index in [-0.39, 0.29) is 12.4 Å². The first-order chi connectivity index (χ1) is 8.74. The fourth-order valence-corrected chi connectivity index (χ4v) is 1.47. The maximum Gasteiger partial charge on any atom is 0.309 e. The molecule has 0 saturated heterocycles. The summed E-state index contributed by atoms with van der Waals surface area (Å²) in [7, 11) is 0. The van der Waals surface area contributed by atoms with Gasteiger partial charge < -0.3 is 15.2 Å². The molecule has 0 saturated carbocycles. The van der Waals surface area contributed by atoms with E-state index < -0.39 is 0 Å². The summed E-state index contributed by atoms with van der Waals surface area (Å²) in [6.07, 6.45) is 3.38. The van der Waals surface area contributed by atoms with Crippen molar-refractivity contribution in [2.75, 3.05) is 18.9 Å². The molecule has 0 spiro atoms. The van der Waals surface area contributed by atoms with Gasteiger partial charge in [-0.3, -0.25) is 4.79 Å². The number of benzene rings is 1. The minimum absolute atomic E-state index is 0.222. The molecule has 0 atom stereocenters. The molecule has 2 N–H and O–H groups in total. The zero-order chi connectivity index (χ0) is 13.2. The molecule has 1 aromatic carbocycles. The Morgan fingerprint density at radius 1 is 1.22 bits per heavy atom. The van der Waals surface area contributed by atoms with Crippen LogP contribution in [0.3, 0.4) is 0 Å². The number of nitrogens with two attached hydrogens (primary N) is 1. The molecule has 1 aromatic rings. The zero-order valence-corrected chi connectivity index (χ0v) is 10.9. The van der Waals surface area contributed by atoms with E-state index >= 15 is 0 Å². The van der Waals surface area contributed by atoms with E-state index in [2.05, 4.69) is 6.92 Å².